The van der Waals surface area contributed by atoms with Crippen molar-refractivity contribution in [2.45, 2.75) is 45.6 Å². The highest BCUT2D eigenvalue weighted by Crippen LogP contribution is 2.32. The Morgan fingerprint density at radius 2 is 2.19 bits per heavy atom. The second-order valence-electron chi connectivity index (χ2n) is 6.46. The second-order valence-corrected chi connectivity index (χ2v) is 6.46. The zero-order valence-corrected chi connectivity index (χ0v) is 12.9. The lowest BCUT2D eigenvalue weighted by atomic mass is 9.79. The van der Waals surface area contributed by atoms with Gasteiger partial charge in [0, 0.05) is 17.3 Å². The van der Waals surface area contributed by atoms with Gasteiger partial charge in [0.25, 0.3) is 0 Å². The largest absolute Gasteiger partial charge is 0.444 e. The highest BCUT2D eigenvalue weighted by molar-refractivity contribution is 5.63. The lowest BCUT2D eigenvalue weighted by Crippen LogP contribution is -2.29. The molecule has 3 rings (SSSR count). The third kappa shape index (κ3) is 3.46. The van der Waals surface area contributed by atoms with E-state index in [2.05, 4.69) is 48.4 Å². The van der Waals surface area contributed by atoms with Gasteiger partial charge in [-0.3, -0.25) is 0 Å². The zero-order valence-electron chi connectivity index (χ0n) is 12.9. The molecule has 1 N–H and O–H groups in total. The summed E-state index contributed by atoms with van der Waals surface area (Å²) in [4.78, 5) is 3.99. The van der Waals surface area contributed by atoms with E-state index in [1.54, 1.807) is 6.20 Å². The molecule has 1 saturated carbocycles. The molecule has 0 radical (unpaired) electrons. The van der Waals surface area contributed by atoms with Crippen LogP contribution in [0.1, 0.15) is 39.5 Å². The van der Waals surface area contributed by atoms with Gasteiger partial charge in [0.1, 0.15) is 0 Å². The summed E-state index contributed by atoms with van der Waals surface area (Å²) in [5, 5.41) is 3.71. The lowest BCUT2D eigenvalue weighted by Gasteiger charge is -2.32. The summed E-state index contributed by atoms with van der Waals surface area (Å²) in [5.74, 6) is 2.46. The van der Waals surface area contributed by atoms with Crippen molar-refractivity contribution >= 4 is 5.69 Å². The van der Waals surface area contributed by atoms with Crippen molar-refractivity contribution in [3.8, 4) is 11.3 Å². The van der Waals surface area contributed by atoms with Crippen molar-refractivity contribution in [3.05, 3.63) is 36.9 Å². The number of nitrogens with zero attached hydrogens (tertiary/aromatic N) is 1. The number of oxazole rings is 1. The Kier molecular flexibility index (Phi) is 4.28. The predicted molar refractivity (Wildman–Crippen MR) is 86.1 cm³/mol. The molecule has 0 bridgehead atoms. The Labute approximate surface area is 126 Å². The quantitative estimate of drug-likeness (QED) is 0.861. The molecule has 0 amide bonds. The van der Waals surface area contributed by atoms with Gasteiger partial charge in [-0.1, -0.05) is 38.8 Å². The van der Waals surface area contributed by atoms with Gasteiger partial charge < -0.3 is 9.73 Å². The molecule has 2 aromatic rings. The predicted octanol–water partition coefficient (Wildman–Crippen LogP) is 4.97. The first-order valence-electron chi connectivity index (χ1n) is 7.98. The Balaban J connectivity index is 1.69. The van der Waals surface area contributed by atoms with E-state index in [1.165, 1.54) is 37.8 Å². The number of aromatic nitrogens is 1. The average molecular weight is 284 g/mol. The zero-order chi connectivity index (χ0) is 14.7. The third-order valence-electron chi connectivity index (χ3n) is 4.61. The maximum atomic E-state index is 5.37. The molecule has 2 unspecified atom stereocenters. The normalized spacial score (nSPS) is 22.4. The Morgan fingerprint density at radius 1 is 1.29 bits per heavy atom. The Hall–Kier alpha value is -1.77. The van der Waals surface area contributed by atoms with Crippen LogP contribution in [0.3, 0.4) is 0 Å². The lowest BCUT2D eigenvalue weighted by molar-refractivity contribution is 0.264. The number of anilines is 1. The van der Waals surface area contributed by atoms with E-state index < -0.39 is 0 Å². The summed E-state index contributed by atoms with van der Waals surface area (Å²) in [5.41, 5.74) is 2.26. The fourth-order valence-electron chi connectivity index (χ4n) is 3.32. The molecule has 21 heavy (non-hydrogen) atoms. The van der Waals surface area contributed by atoms with Crippen molar-refractivity contribution < 1.29 is 4.42 Å². The minimum Gasteiger partial charge on any atom is -0.444 e. The van der Waals surface area contributed by atoms with Crippen molar-refractivity contribution in [2.24, 2.45) is 11.8 Å². The van der Waals surface area contributed by atoms with Crippen LogP contribution in [0.25, 0.3) is 11.3 Å². The van der Waals surface area contributed by atoms with E-state index in [1.807, 2.05) is 0 Å². The second kappa shape index (κ2) is 6.33. The van der Waals surface area contributed by atoms with Crippen LogP contribution < -0.4 is 5.32 Å². The van der Waals surface area contributed by atoms with E-state index in [9.17, 15) is 0 Å². The first-order chi connectivity index (χ1) is 10.2. The summed E-state index contributed by atoms with van der Waals surface area (Å²) in [6, 6.07) is 9.02. The van der Waals surface area contributed by atoms with Crippen molar-refractivity contribution in [1.29, 1.82) is 0 Å². The molecule has 0 spiro atoms. The van der Waals surface area contributed by atoms with Gasteiger partial charge in [0.05, 0.1) is 6.20 Å². The van der Waals surface area contributed by atoms with Gasteiger partial charge in [-0.25, -0.2) is 4.98 Å². The summed E-state index contributed by atoms with van der Waals surface area (Å²) >= 11 is 0. The van der Waals surface area contributed by atoms with Gasteiger partial charge in [0.2, 0.25) is 0 Å². The van der Waals surface area contributed by atoms with E-state index in [-0.39, 0.29) is 0 Å². The Morgan fingerprint density at radius 3 is 2.95 bits per heavy atom. The molecule has 2 atom stereocenters. The van der Waals surface area contributed by atoms with Crippen LogP contribution in [-0.4, -0.2) is 11.0 Å². The summed E-state index contributed by atoms with van der Waals surface area (Å²) in [6.45, 7) is 4.69. The SMILES string of the molecule is CC(C)C1CCCC(Nc2cccc(-c3cnco3)c2)C1. The fourth-order valence-corrected chi connectivity index (χ4v) is 3.32. The van der Waals surface area contributed by atoms with Crippen LogP contribution in [0.5, 0.6) is 0 Å². The highest BCUT2D eigenvalue weighted by Gasteiger charge is 2.23. The number of hydrogen-bond acceptors (Lipinski definition) is 3. The molecule has 3 nitrogen and oxygen atoms in total. The van der Waals surface area contributed by atoms with Crippen molar-refractivity contribution in [2.75, 3.05) is 5.32 Å². The molecule has 1 aromatic heterocycles. The molecule has 112 valence electrons. The first kappa shape index (κ1) is 14.2. The monoisotopic (exact) mass is 284 g/mol. The standard InChI is InChI=1S/C18H24N2O/c1-13(2)14-5-3-7-16(9-14)20-17-8-4-6-15(10-17)18-11-19-12-21-18/h4,6,8,10-14,16,20H,3,5,7,9H2,1-2H3. The van der Waals surface area contributed by atoms with Gasteiger partial charge >= 0.3 is 0 Å². The van der Waals surface area contributed by atoms with Crippen LogP contribution in [0.4, 0.5) is 5.69 Å². The van der Waals surface area contributed by atoms with Crippen LogP contribution in [0, 0.1) is 11.8 Å². The van der Waals surface area contributed by atoms with Gasteiger partial charge in [-0.2, -0.15) is 0 Å². The Bertz CT molecular complexity index is 562. The molecular formula is C18H24N2O. The first-order valence-corrected chi connectivity index (χ1v) is 7.98. The van der Waals surface area contributed by atoms with Gasteiger partial charge in [-0.15, -0.1) is 0 Å². The molecular weight excluding hydrogens is 260 g/mol. The number of nitrogens with one attached hydrogen (secondary N) is 1. The number of hydrogen-bond donors (Lipinski definition) is 1. The van der Waals surface area contributed by atoms with Gasteiger partial charge in [0.15, 0.2) is 12.2 Å². The maximum Gasteiger partial charge on any atom is 0.181 e. The van der Waals surface area contributed by atoms with Crippen molar-refractivity contribution in [3.63, 3.8) is 0 Å². The molecule has 1 aliphatic rings. The third-order valence-corrected chi connectivity index (χ3v) is 4.61. The van der Waals surface area contributed by atoms with Crippen LogP contribution >= 0.6 is 0 Å². The minimum atomic E-state index is 0.594. The molecule has 1 heterocycles. The van der Waals surface area contributed by atoms with Crippen LogP contribution in [0.15, 0.2) is 41.3 Å². The van der Waals surface area contributed by atoms with E-state index in [4.69, 9.17) is 4.42 Å². The number of benzene rings is 1. The minimum absolute atomic E-state index is 0.594. The van der Waals surface area contributed by atoms with E-state index >= 15 is 0 Å². The topological polar surface area (TPSA) is 38.1 Å². The van der Waals surface area contributed by atoms with Crippen LogP contribution in [0.2, 0.25) is 0 Å². The summed E-state index contributed by atoms with van der Waals surface area (Å²) < 4.78 is 5.37. The number of rotatable bonds is 4. The summed E-state index contributed by atoms with van der Waals surface area (Å²) in [6.07, 6.45) is 8.51. The molecule has 1 aromatic carbocycles. The van der Waals surface area contributed by atoms with E-state index in [0.29, 0.717) is 6.04 Å². The molecule has 0 aliphatic heterocycles. The molecule has 3 heteroatoms. The summed E-state index contributed by atoms with van der Waals surface area (Å²) in [7, 11) is 0. The average Bonchev–Trinajstić information content (AvgIpc) is 3.02. The highest BCUT2D eigenvalue weighted by atomic mass is 16.3. The smallest absolute Gasteiger partial charge is 0.181 e. The fraction of sp³-hybridized carbons (Fsp3) is 0.500. The molecule has 0 saturated heterocycles. The maximum absolute atomic E-state index is 5.37. The van der Waals surface area contributed by atoms with E-state index in [0.717, 1.165) is 23.2 Å². The van der Waals surface area contributed by atoms with Crippen LogP contribution in [-0.2, 0) is 0 Å². The van der Waals surface area contributed by atoms with Gasteiger partial charge in [-0.05, 0) is 36.8 Å². The molecule has 1 aliphatic carbocycles. The molecule has 1 fully saturated rings. The van der Waals surface area contributed by atoms with Crippen molar-refractivity contribution in [1.82, 2.24) is 4.98 Å².